The Hall–Kier alpha value is -1.98. The lowest BCUT2D eigenvalue weighted by Gasteiger charge is -2.13. The van der Waals surface area contributed by atoms with Crippen molar-refractivity contribution >= 4 is 11.9 Å². The highest BCUT2D eigenvalue weighted by atomic mass is 16.4. The minimum atomic E-state index is -0.928. The number of amides is 1. The molecule has 1 atom stereocenters. The fraction of sp³-hybridized carbons (Fsp3) is 0.455. The highest BCUT2D eigenvalue weighted by Crippen LogP contribution is 2.21. The number of rotatable bonds is 4. The van der Waals surface area contributed by atoms with Crippen LogP contribution in [0.5, 0.6) is 0 Å². The molecule has 1 aromatic heterocycles. The Morgan fingerprint density at radius 2 is 1.76 bits per heavy atom. The van der Waals surface area contributed by atoms with Crippen molar-refractivity contribution in [3.8, 4) is 0 Å². The summed E-state index contributed by atoms with van der Waals surface area (Å²) in [7, 11) is 0. The van der Waals surface area contributed by atoms with E-state index in [4.69, 9.17) is 10.8 Å². The van der Waals surface area contributed by atoms with Crippen LogP contribution in [0.2, 0.25) is 0 Å². The predicted octanol–water partition coefficient (Wildman–Crippen LogP) is 0.309. The van der Waals surface area contributed by atoms with E-state index in [2.05, 4.69) is 9.97 Å². The summed E-state index contributed by atoms with van der Waals surface area (Å²) >= 11 is 0. The molecule has 0 radical (unpaired) electrons. The lowest BCUT2D eigenvalue weighted by molar-refractivity contribution is -0.138. The van der Waals surface area contributed by atoms with Gasteiger partial charge in [0.25, 0.3) is 0 Å². The van der Waals surface area contributed by atoms with Crippen LogP contribution >= 0.6 is 0 Å². The second-order valence-electron chi connectivity index (χ2n) is 3.93. The molecule has 0 aliphatic carbocycles. The molecule has 92 valence electrons. The van der Waals surface area contributed by atoms with E-state index in [1.54, 1.807) is 20.8 Å². The van der Waals surface area contributed by atoms with Gasteiger partial charge in [0.05, 0.1) is 12.3 Å². The van der Waals surface area contributed by atoms with Crippen LogP contribution in [0.4, 0.5) is 0 Å². The lowest BCUT2D eigenvalue weighted by Crippen LogP contribution is -2.19. The van der Waals surface area contributed by atoms with Crippen molar-refractivity contribution in [3.05, 3.63) is 22.8 Å². The van der Waals surface area contributed by atoms with E-state index >= 15 is 0 Å². The van der Waals surface area contributed by atoms with Crippen molar-refractivity contribution < 1.29 is 14.7 Å². The summed E-state index contributed by atoms with van der Waals surface area (Å²) < 4.78 is 0. The average molecular weight is 237 g/mol. The van der Waals surface area contributed by atoms with Crippen LogP contribution in [-0.2, 0) is 16.0 Å². The van der Waals surface area contributed by atoms with Crippen LogP contribution in [-0.4, -0.2) is 27.0 Å². The molecule has 0 aliphatic heterocycles. The van der Waals surface area contributed by atoms with Gasteiger partial charge in [0.2, 0.25) is 5.91 Å². The molecule has 1 unspecified atom stereocenters. The van der Waals surface area contributed by atoms with Crippen molar-refractivity contribution in [2.24, 2.45) is 5.73 Å². The molecule has 0 aliphatic rings. The smallest absolute Gasteiger partial charge is 0.310 e. The highest BCUT2D eigenvalue weighted by molar-refractivity contribution is 5.77. The number of hydrogen-bond donors (Lipinski definition) is 2. The molecule has 1 amide bonds. The predicted molar refractivity (Wildman–Crippen MR) is 60.5 cm³/mol. The van der Waals surface area contributed by atoms with Crippen LogP contribution in [0.3, 0.4) is 0 Å². The maximum absolute atomic E-state index is 10.9. The Balaban J connectivity index is 3.19. The summed E-state index contributed by atoms with van der Waals surface area (Å²) in [6.45, 7) is 4.98. The molecule has 0 fully saturated rings. The lowest BCUT2D eigenvalue weighted by atomic mass is 9.98. The Morgan fingerprint density at radius 1 is 1.29 bits per heavy atom. The van der Waals surface area contributed by atoms with Crippen LogP contribution in [0.15, 0.2) is 0 Å². The first-order valence-corrected chi connectivity index (χ1v) is 5.18. The normalized spacial score (nSPS) is 12.2. The van der Waals surface area contributed by atoms with Gasteiger partial charge in [0, 0.05) is 17.0 Å². The molecule has 0 spiro atoms. The molecule has 17 heavy (non-hydrogen) atoms. The molecule has 1 rings (SSSR count). The fourth-order valence-corrected chi connectivity index (χ4v) is 1.78. The molecule has 1 heterocycles. The third kappa shape index (κ3) is 2.99. The minimum absolute atomic E-state index is 0.0383. The van der Waals surface area contributed by atoms with Gasteiger partial charge < -0.3 is 10.8 Å². The first-order valence-electron chi connectivity index (χ1n) is 5.18. The minimum Gasteiger partial charge on any atom is -0.481 e. The molecular weight excluding hydrogens is 222 g/mol. The van der Waals surface area contributed by atoms with Gasteiger partial charge in [0.15, 0.2) is 0 Å². The quantitative estimate of drug-likeness (QED) is 0.783. The zero-order chi connectivity index (χ0) is 13.2. The Morgan fingerprint density at radius 3 is 2.12 bits per heavy atom. The molecule has 0 aromatic carbocycles. The van der Waals surface area contributed by atoms with Crippen molar-refractivity contribution in [2.45, 2.75) is 33.1 Å². The monoisotopic (exact) mass is 237 g/mol. The Bertz CT molecular complexity index is 448. The van der Waals surface area contributed by atoms with Gasteiger partial charge in [-0.25, -0.2) is 9.97 Å². The zero-order valence-corrected chi connectivity index (χ0v) is 10.0. The Labute approximate surface area is 98.9 Å². The maximum atomic E-state index is 10.9. The zero-order valence-electron chi connectivity index (χ0n) is 10.0. The van der Waals surface area contributed by atoms with E-state index in [0.717, 1.165) is 0 Å². The van der Waals surface area contributed by atoms with Crippen LogP contribution in [0.1, 0.15) is 35.6 Å². The summed E-state index contributed by atoms with van der Waals surface area (Å²) in [5, 5.41) is 8.97. The van der Waals surface area contributed by atoms with Crippen LogP contribution < -0.4 is 5.73 Å². The summed E-state index contributed by atoms with van der Waals surface area (Å²) in [6, 6.07) is 0. The van der Waals surface area contributed by atoms with Gasteiger partial charge in [-0.2, -0.15) is 0 Å². The number of hydrogen-bond acceptors (Lipinski definition) is 4. The van der Waals surface area contributed by atoms with Crippen molar-refractivity contribution in [2.75, 3.05) is 0 Å². The molecular formula is C11H15N3O3. The SMILES string of the molecule is Cc1nc(CC(N)=O)nc(C)c1C(C)C(=O)O. The number of aliphatic carboxylic acids is 1. The van der Waals surface area contributed by atoms with Gasteiger partial charge >= 0.3 is 5.97 Å². The van der Waals surface area contributed by atoms with E-state index < -0.39 is 17.8 Å². The third-order valence-electron chi connectivity index (χ3n) is 2.51. The molecule has 1 aromatic rings. The summed E-state index contributed by atoms with van der Waals surface area (Å²) in [4.78, 5) is 29.9. The first kappa shape index (κ1) is 13.1. The van der Waals surface area contributed by atoms with E-state index in [9.17, 15) is 9.59 Å². The standard InChI is InChI=1S/C11H15N3O3/c1-5(11(16)17)10-6(2)13-9(4-8(12)15)14-7(10)3/h5H,4H2,1-3H3,(H2,12,15)(H,16,17). The van der Waals surface area contributed by atoms with E-state index in [1.165, 1.54) is 0 Å². The maximum Gasteiger partial charge on any atom is 0.310 e. The topological polar surface area (TPSA) is 106 Å². The average Bonchev–Trinajstić information content (AvgIpc) is 2.14. The number of nitrogens with zero attached hydrogens (tertiary/aromatic N) is 2. The van der Waals surface area contributed by atoms with E-state index in [0.29, 0.717) is 22.8 Å². The number of nitrogens with two attached hydrogens (primary N) is 1. The van der Waals surface area contributed by atoms with E-state index in [1.807, 2.05) is 0 Å². The van der Waals surface area contributed by atoms with Crippen LogP contribution in [0, 0.1) is 13.8 Å². The van der Waals surface area contributed by atoms with Crippen molar-refractivity contribution in [1.29, 1.82) is 0 Å². The number of carboxylic acids is 1. The van der Waals surface area contributed by atoms with E-state index in [-0.39, 0.29) is 6.42 Å². The number of aromatic nitrogens is 2. The number of carbonyl (C=O) groups excluding carboxylic acids is 1. The molecule has 0 bridgehead atoms. The highest BCUT2D eigenvalue weighted by Gasteiger charge is 2.20. The number of aryl methyl sites for hydroxylation is 2. The fourth-order valence-electron chi connectivity index (χ4n) is 1.78. The molecule has 6 nitrogen and oxygen atoms in total. The van der Waals surface area contributed by atoms with Crippen molar-refractivity contribution in [1.82, 2.24) is 9.97 Å². The molecule has 6 heteroatoms. The molecule has 0 saturated heterocycles. The first-order chi connectivity index (χ1) is 7.82. The second-order valence-corrected chi connectivity index (χ2v) is 3.93. The second kappa shape index (κ2) is 4.90. The molecule has 0 saturated carbocycles. The number of primary amides is 1. The summed E-state index contributed by atoms with van der Waals surface area (Å²) in [5.74, 6) is -1.78. The van der Waals surface area contributed by atoms with Gasteiger partial charge in [-0.05, 0) is 20.8 Å². The van der Waals surface area contributed by atoms with Gasteiger partial charge in [-0.1, -0.05) is 0 Å². The van der Waals surface area contributed by atoms with Gasteiger partial charge in [-0.3, -0.25) is 9.59 Å². The number of carboxylic acid groups (broad SMARTS) is 1. The summed E-state index contributed by atoms with van der Waals surface area (Å²) in [6.07, 6.45) is -0.0383. The number of carbonyl (C=O) groups is 2. The Kier molecular flexibility index (Phi) is 3.77. The third-order valence-corrected chi connectivity index (χ3v) is 2.51. The van der Waals surface area contributed by atoms with Gasteiger partial charge in [-0.15, -0.1) is 0 Å². The van der Waals surface area contributed by atoms with Gasteiger partial charge in [0.1, 0.15) is 5.82 Å². The molecule has 3 N–H and O–H groups in total. The van der Waals surface area contributed by atoms with Crippen molar-refractivity contribution in [3.63, 3.8) is 0 Å². The summed E-state index contributed by atoms with van der Waals surface area (Å²) in [5.41, 5.74) is 6.79. The van der Waals surface area contributed by atoms with Crippen LogP contribution in [0.25, 0.3) is 0 Å². The largest absolute Gasteiger partial charge is 0.481 e.